The van der Waals surface area contributed by atoms with Crippen molar-refractivity contribution in [1.29, 1.82) is 0 Å². The van der Waals surface area contributed by atoms with E-state index < -0.39 is 5.79 Å². The molecule has 18 heavy (non-hydrogen) atoms. The van der Waals surface area contributed by atoms with Crippen LogP contribution >= 0.6 is 0 Å². The van der Waals surface area contributed by atoms with Crippen LogP contribution < -0.4 is 5.32 Å². The summed E-state index contributed by atoms with van der Waals surface area (Å²) in [5.41, 5.74) is 1.97. The Bertz CT molecular complexity index is 425. The van der Waals surface area contributed by atoms with E-state index in [0.717, 1.165) is 24.1 Å². The topological polar surface area (TPSA) is 47.6 Å². The van der Waals surface area contributed by atoms with Gasteiger partial charge in [0.15, 0.2) is 5.79 Å². The predicted molar refractivity (Wildman–Crippen MR) is 69.4 cm³/mol. The van der Waals surface area contributed by atoms with Crippen molar-refractivity contribution in [2.24, 2.45) is 0 Å². The van der Waals surface area contributed by atoms with Gasteiger partial charge >= 0.3 is 0 Å². The summed E-state index contributed by atoms with van der Waals surface area (Å²) in [5.74, 6) is -0.536. The lowest BCUT2D eigenvalue weighted by Gasteiger charge is -2.22. The summed E-state index contributed by atoms with van der Waals surface area (Å²) in [5, 5.41) is 2.84. The highest BCUT2D eigenvalue weighted by Gasteiger charge is 2.30. The number of rotatable bonds is 4. The number of benzene rings is 1. The Hall–Kier alpha value is -1.39. The van der Waals surface area contributed by atoms with E-state index in [9.17, 15) is 4.79 Å². The number of carbonyl (C=O) groups is 1. The minimum atomic E-state index is -0.483. The van der Waals surface area contributed by atoms with Crippen molar-refractivity contribution in [1.82, 2.24) is 0 Å². The summed E-state index contributed by atoms with van der Waals surface area (Å²) in [4.78, 5) is 11.1. The summed E-state index contributed by atoms with van der Waals surface area (Å²) in [7, 11) is 0. The maximum Gasteiger partial charge on any atom is 0.221 e. The Labute approximate surface area is 107 Å². The van der Waals surface area contributed by atoms with Crippen LogP contribution in [0.1, 0.15) is 25.8 Å². The molecule has 0 unspecified atom stereocenters. The largest absolute Gasteiger partial charge is 0.348 e. The molecule has 1 amide bonds. The fraction of sp³-hybridized carbons (Fsp3) is 0.500. The van der Waals surface area contributed by atoms with E-state index in [1.54, 1.807) is 0 Å². The van der Waals surface area contributed by atoms with E-state index in [2.05, 4.69) is 5.32 Å². The first-order chi connectivity index (χ1) is 8.59. The smallest absolute Gasteiger partial charge is 0.221 e. The molecule has 0 bridgehead atoms. The molecule has 98 valence electrons. The molecule has 0 saturated carbocycles. The molecule has 0 aromatic heterocycles. The highest BCUT2D eigenvalue weighted by molar-refractivity contribution is 5.89. The molecule has 1 N–H and O–H groups in total. The van der Waals surface area contributed by atoms with Gasteiger partial charge in [-0.1, -0.05) is 18.2 Å². The zero-order chi connectivity index (χ0) is 13.0. The highest BCUT2D eigenvalue weighted by Crippen LogP contribution is 2.26. The average Bonchev–Trinajstić information content (AvgIpc) is 2.75. The molecular weight excluding hydrogens is 230 g/mol. The van der Waals surface area contributed by atoms with Gasteiger partial charge in [0.05, 0.1) is 13.2 Å². The molecular formula is C14H19NO3. The third-order valence-corrected chi connectivity index (χ3v) is 3.07. The van der Waals surface area contributed by atoms with E-state index in [-0.39, 0.29) is 5.91 Å². The Morgan fingerprint density at radius 3 is 2.67 bits per heavy atom. The number of nitrogens with one attached hydrogen (secondary N) is 1. The van der Waals surface area contributed by atoms with Crippen LogP contribution in [0.5, 0.6) is 0 Å². The van der Waals surface area contributed by atoms with Gasteiger partial charge < -0.3 is 14.8 Å². The van der Waals surface area contributed by atoms with Crippen LogP contribution in [0.25, 0.3) is 0 Å². The van der Waals surface area contributed by atoms with Gasteiger partial charge in [-0.25, -0.2) is 0 Å². The molecule has 1 aliphatic rings. The maximum absolute atomic E-state index is 11.1. The minimum Gasteiger partial charge on any atom is -0.348 e. The molecule has 0 atom stereocenters. The first kappa shape index (κ1) is 13.1. The van der Waals surface area contributed by atoms with E-state index in [1.165, 1.54) is 6.92 Å². The Kier molecular flexibility index (Phi) is 3.99. The zero-order valence-electron chi connectivity index (χ0n) is 10.9. The van der Waals surface area contributed by atoms with Gasteiger partial charge in [0.25, 0.3) is 0 Å². The summed E-state index contributed by atoms with van der Waals surface area (Å²) >= 11 is 0. The van der Waals surface area contributed by atoms with Crippen molar-refractivity contribution in [2.75, 3.05) is 18.5 Å². The summed E-state index contributed by atoms with van der Waals surface area (Å²) in [6, 6.07) is 7.82. The molecule has 1 heterocycles. The molecule has 1 aromatic rings. The molecule has 0 aliphatic carbocycles. The van der Waals surface area contributed by atoms with Gasteiger partial charge in [-0.15, -0.1) is 0 Å². The lowest BCUT2D eigenvalue weighted by molar-refractivity contribution is -0.146. The van der Waals surface area contributed by atoms with E-state index in [4.69, 9.17) is 9.47 Å². The Morgan fingerprint density at radius 1 is 1.33 bits per heavy atom. The van der Waals surface area contributed by atoms with Crippen LogP contribution in [0.4, 0.5) is 5.69 Å². The normalized spacial score (nSPS) is 17.7. The number of amides is 1. The number of hydrogen-bond donors (Lipinski definition) is 1. The van der Waals surface area contributed by atoms with Crippen LogP contribution in [0, 0.1) is 0 Å². The molecule has 4 heteroatoms. The molecule has 0 radical (unpaired) electrons. The van der Waals surface area contributed by atoms with E-state index >= 15 is 0 Å². The SMILES string of the molecule is CC(=O)Nc1ccccc1CCC1(C)OCCO1. The number of aryl methyl sites for hydroxylation is 1. The van der Waals surface area contributed by atoms with Crippen LogP contribution in [0.2, 0.25) is 0 Å². The zero-order valence-corrected chi connectivity index (χ0v) is 10.9. The van der Waals surface area contributed by atoms with Crippen LogP contribution in [-0.2, 0) is 20.7 Å². The second kappa shape index (κ2) is 5.50. The fourth-order valence-corrected chi connectivity index (χ4v) is 2.11. The monoisotopic (exact) mass is 249 g/mol. The third kappa shape index (κ3) is 3.31. The maximum atomic E-state index is 11.1. The third-order valence-electron chi connectivity index (χ3n) is 3.07. The standard InChI is InChI=1S/C14H19NO3/c1-11(16)15-13-6-4-3-5-12(13)7-8-14(2)17-9-10-18-14/h3-6H,7-10H2,1-2H3,(H,15,16). The lowest BCUT2D eigenvalue weighted by atomic mass is 10.0. The van der Waals surface area contributed by atoms with Crippen molar-refractivity contribution in [3.63, 3.8) is 0 Å². The number of para-hydroxylation sites is 1. The van der Waals surface area contributed by atoms with Crippen LogP contribution in [0.3, 0.4) is 0 Å². The second-order valence-electron chi connectivity index (χ2n) is 4.67. The Morgan fingerprint density at radius 2 is 2.00 bits per heavy atom. The molecule has 1 aliphatic heterocycles. The molecule has 1 fully saturated rings. The molecule has 1 aromatic carbocycles. The molecule has 0 spiro atoms. The Balaban J connectivity index is 2.02. The molecule has 2 rings (SSSR count). The van der Waals surface area contributed by atoms with Gasteiger partial charge in [0, 0.05) is 19.0 Å². The average molecular weight is 249 g/mol. The van der Waals surface area contributed by atoms with Crippen molar-refractivity contribution in [3.05, 3.63) is 29.8 Å². The fourth-order valence-electron chi connectivity index (χ4n) is 2.11. The van der Waals surface area contributed by atoms with Crippen LogP contribution in [0.15, 0.2) is 24.3 Å². The first-order valence-corrected chi connectivity index (χ1v) is 6.22. The number of carbonyl (C=O) groups excluding carboxylic acids is 1. The lowest BCUT2D eigenvalue weighted by Crippen LogP contribution is -2.26. The predicted octanol–water partition coefficient (Wildman–Crippen LogP) is 2.34. The van der Waals surface area contributed by atoms with Gasteiger partial charge in [0.1, 0.15) is 0 Å². The van der Waals surface area contributed by atoms with Gasteiger partial charge in [-0.05, 0) is 25.0 Å². The summed E-state index contributed by atoms with van der Waals surface area (Å²) < 4.78 is 11.1. The first-order valence-electron chi connectivity index (χ1n) is 6.22. The minimum absolute atomic E-state index is 0.0537. The highest BCUT2D eigenvalue weighted by atomic mass is 16.7. The van der Waals surface area contributed by atoms with Crippen molar-refractivity contribution in [2.45, 2.75) is 32.5 Å². The number of anilines is 1. The summed E-state index contributed by atoms with van der Waals surface area (Å²) in [6.45, 7) is 4.79. The molecule has 4 nitrogen and oxygen atoms in total. The summed E-state index contributed by atoms with van der Waals surface area (Å²) in [6.07, 6.45) is 1.59. The van der Waals surface area contributed by atoms with E-state index in [0.29, 0.717) is 13.2 Å². The molecule has 1 saturated heterocycles. The number of hydrogen-bond acceptors (Lipinski definition) is 3. The van der Waals surface area contributed by atoms with Crippen molar-refractivity contribution >= 4 is 11.6 Å². The van der Waals surface area contributed by atoms with Gasteiger partial charge in [0.2, 0.25) is 5.91 Å². The van der Waals surface area contributed by atoms with Crippen LogP contribution in [-0.4, -0.2) is 24.9 Å². The number of ether oxygens (including phenoxy) is 2. The van der Waals surface area contributed by atoms with Gasteiger partial charge in [-0.2, -0.15) is 0 Å². The van der Waals surface area contributed by atoms with E-state index in [1.807, 2.05) is 31.2 Å². The van der Waals surface area contributed by atoms with Crippen molar-refractivity contribution in [3.8, 4) is 0 Å². The quantitative estimate of drug-likeness (QED) is 0.891. The van der Waals surface area contributed by atoms with Gasteiger partial charge in [-0.3, -0.25) is 4.79 Å². The van der Waals surface area contributed by atoms with Crippen molar-refractivity contribution < 1.29 is 14.3 Å². The second-order valence-corrected chi connectivity index (χ2v) is 4.67.